The van der Waals surface area contributed by atoms with Gasteiger partial charge in [0.1, 0.15) is 0 Å². The van der Waals surface area contributed by atoms with Gasteiger partial charge >= 0.3 is 0 Å². The second kappa shape index (κ2) is 6.26. The molecule has 2 atom stereocenters. The smallest absolute Gasteiger partial charge is 0.0667 e. The highest BCUT2D eigenvalue weighted by Crippen LogP contribution is 2.33. The van der Waals surface area contributed by atoms with Crippen LogP contribution in [0, 0.1) is 0 Å². The third-order valence-electron chi connectivity index (χ3n) is 5.57. The topological polar surface area (TPSA) is 16.1 Å². The first-order valence-electron chi connectivity index (χ1n) is 8.70. The van der Waals surface area contributed by atoms with Gasteiger partial charge in [0.05, 0.1) is 5.02 Å². The Balaban J connectivity index is 1.59. The van der Waals surface area contributed by atoms with Crippen LogP contribution >= 0.6 is 11.6 Å². The Labute approximate surface area is 143 Å². The van der Waals surface area contributed by atoms with E-state index in [1.165, 1.54) is 55.3 Å². The molecule has 1 aliphatic carbocycles. The third kappa shape index (κ3) is 2.90. The molecule has 1 fully saturated rings. The van der Waals surface area contributed by atoms with Crippen LogP contribution in [0.4, 0.5) is 0 Å². The van der Waals surface area contributed by atoms with Crippen molar-refractivity contribution in [1.82, 2.24) is 9.88 Å². The minimum absolute atomic E-state index is 0.729. The van der Waals surface area contributed by atoms with Crippen LogP contribution < -0.4 is 0 Å². The van der Waals surface area contributed by atoms with Crippen LogP contribution in [0.25, 0.3) is 11.1 Å². The summed E-state index contributed by atoms with van der Waals surface area (Å²) in [5.41, 5.74) is 5.32. The molecule has 1 aliphatic heterocycles. The zero-order chi connectivity index (χ0) is 15.8. The highest BCUT2D eigenvalue weighted by atomic mass is 35.5. The van der Waals surface area contributed by atoms with Gasteiger partial charge in [0.15, 0.2) is 0 Å². The molecular formula is C20H23ClN2. The van der Waals surface area contributed by atoms with Crippen LogP contribution in [0.1, 0.15) is 37.3 Å². The standard InChI is InChI=1S/C20H23ClN2/c1-14-3-2-10-23(14)18-7-6-15-11-17(5-4-16(15)12-18)19-8-9-22-13-20(19)21/h4-5,8-9,11,13-14,18H,2-3,6-7,10,12H2,1H3. The monoisotopic (exact) mass is 326 g/mol. The van der Waals surface area contributed by atoms with E-state index in [0.29, 0.717) is 0 Å². The molecule has 0 spiro atoms. The molecule has 120 valence electrons. The fraction of sp³-hybridized carbons (Fsp3) is 0.450. The van der Waals surface area contributed by atoms with Crippen molar-refractivity contribution in [3.05, 3.63) is 52.8 Å². The quantitative estimate of drug-likeness (QED) is 0.792. The Morgan fingerprint density at radius 3 is 2.87 bits per heavy atom. The molecule has 23 heavy (non-hydrogen) atoms. The van der Waals surface area contributed by atoms with Crippen LogP contribution in [0.2, 0.25) is 5.02 Å². The fourth-order valence-electron chi connectivity index (χ4n) is 4.29. The summed E-state index contributed by atoms with van der Waals surface area (Å²) < 4.78 is 0. The van der Waals surface area contributed by atoms with Gasteiger partial charge < -0.3 is 0 Å². The van der Waals surface area contributed by atoms with Crippen molar-refractivity contribution < 1.29 is 0 Å². The Kier molecular flexibility index (Phi) is 4.13. The summed E-state index contributed by atoms with van der Waals surface area (Å²) in [4.78, 5) is 6.81. The molecule has 1 saturated heterocycles. The number of halogens is 1. The lowest BCUT2D eigenvalue weighted by atomic mass is 9.85. The van der Waals surface area contributed by atoms with Gasteiger partial charge in [-0.15, -0.1) is 0 Å². The van der Waals surface area contributed by atoms with E-state index >= 15 is 0 Å². The summed E-state index contributed by atoms with van der Waals surface area (Å²) in [7, 11) is 0. The minimum atomic E-state index is 0.729. The van der Waals surface area contributed by atoms with E-state index in [9.17, 15) is 0 Å². The number of hydrogen-bond acceptors (Lipinski definition) is 2. The zero-order valence-corrected chi connectivity index (χ0v) is 14.4. The Hall–Kier alpha value is -1.38. The van der Waals surface area contributed by atoms with Crippen LogP contribution in [-0.4, -0.2) is 28.5 Å². The van der Waals surface area contributed by atoms with Crippen LogP contribution in [0.5, 0.6) is 0 Å². The van der Waals surface area contributed by atoms with Gasteiger partial charge in [0, 0.05) is 30.0 Å². The van der Waals surface area contributed by atoms with E-state index in [-0.39, 0.29) is 0 Å². The van der Waals surface area contributed by atoms with Gasteiger partial charge in [-0.25, -0.2) is 0 Å². The van der Waals surface area contributed by atoms with E-state index in [4.69, 9.17) is 11.6 Å². The lowest BCUT2D eigenvalue weighted by molar-refractivity contribution is 0.174. The summed E-state index contributed by atoms with van der Waals surface area (Å²) in [6, 6.07) is 10.4. The van der Waals surface area contributed by atoms with Gasteiger partial charge in [-0.05, 0) is 68.3 Å². The van der Waals surface area contributed by atoms with Gasteiger partial charge in [-0.3, -0.25) is 9.88 Å². The summed E-state index contributed by atoms with van der Waals surface area (Å²) in [6.07, 6.45) is 9.92. The molecule has 2 aromatic rings. The Morgan fingerprint density at radius 2 is 2.09 bits per heavy atom. The number of pyridine rings is 1. The average molecular weight is 327 g/mol. The minimum Gasteiger partial charge on any atom is -0.297 e. The van der Waals surface area contributed by atoms with E-state index < -0.39 is 0 Å². The van der Waals surface area contributed by atoms with Crippen molar-refractivity contribution in [2.24, 2.45) is 0 Å². The second-order valence-electron chi connectivity index (χ2n) is 6.96. The molecule has 4 rings (SSSR count). The number of likely N-dealkylation sites (tertiary alicyclic amines) is 1. The summed E-state index contributed by atoms with van der Waals surface area (Å²) in [5, 5.41) is 0.729. The normalized spacial score (nSPS) is 24.6. The SMILES string of the molecule is CC1CCCN1C1CCc2cc(-c3ccncc3Cl)ccc2C1. The molecule has 3 heteroatoms. The predicted molar refractivity (Wildman–Crippen MR) is 95.9 cm³/mol. The highest BCUT2D eigenvalue weighted by Gasteiger charge is 2.30. The molecule has 2 heterocycles. The molecule has 0 radical (unpaired) electrons. The Bertz CT molecular complexity index is 713. The predicted octanol–water partition coefficient (Wildman–Crippen LogP) is 4.74. The van der Waals surface area contributed by atoms with Crippen molar-refractivity contribution in [2.45, 2.75) is 51.1 Å². The fourth-order valence-corrected chi connectivity index (χ4v) is 4.52. The molecular weight excluding hydrogens is 304 g/mol. The molecule has 1 aromatic heterocycles. The maximum atomic E-state index is 6.30. The number of rotatable bonds is 2. The van der Waals surface area contributed by atoms with Gasteiger partial charge in [0.2, 0.25) is 0 Å². The van der Waals surface area contributed by atoms with Crippen molar-refractivity contribution in [2.75, 3.05) is 6.54 Å². The summed E-state index contributed by atoms with van der Waals surface area (Å²) in [6.45, 7) is 3.67. The second-order valence-corrected chi connectivity index (χ2v) is 7.37. The molecule has 0 amide bonds. The van der Waals surface area contributed by atoms with Crippen molar-refractivity contribution >= 4 is 11.6 Å². The number of hydrogen-bond donors (Lipinski definition) is 0. The van der Waals surface area contributed by atoms with E-state index in [1.54, 1.807) is 6.20 Å². The van der Waals surface area contributed by atoms with E-state index in [2.05, 4.69) is 35.0 Å². The maximum absolute atomic E-state index is 6.30. The van der Waals surface area contributed by atoms with Crippen molar-refractivity contribution in [1.29, 1.82) is 0 Å². The van der Waals surface area contributed by atoms with Gasteiger partial charge in [-0.2, -0.15) is 0 Å². The van der Waals surface area contributed by atoms with Crippen molar-refractivity contribution in [3.63, 3.8) is 0 Å². The van der Waals surface area contributed by atoms with E-state index in [0.717, 1.165) is 22.7 Å². The van der Waals surface area contributed by atoms with E-state index in [1.807, 2.05) is 12.3 Å². The van der Waals surface area contributed by atoms with Crippen LogP contribution in [-0.2, 0) is 12.8 Å². The van der Waals surface area contributed by atoms with Gasteiger partial charge in [-0.1, -0.05) is 29.8 Å². The first-order chi connectivity index (χ1) is 11.2. The van der Waals surface area contributed by atoms with Crippen molar-refractivity contribution in [3.8, 4) is 11.1 Å². The first kappa shape index (κ1) is 15.2. The summed E-state index contributed by atoms with van der Waals surface area (Å²) >= 11 is 6.30. The number of fused-ring (bicyclic) bond motifs is 1. The number of nitrogens with zero attached hydrogens (tertiary/aromatic N) is 2. The molecule has 1 aromatic carbocycles. The molecule has 2 nitrogen and oxygen atoms in total. The largest absolute Gasteiger partial charge is 0.297 e. The molecule has 0 N–H and O–H groups in total. The van der Waals surface area contributed by atoms with Crippen LogP contribution in [0.15, 0.2) is 36.7 Å². The van der Waals surface area contributed by atoms with Crippen LogP contribution in [0.3, 0.4) is 0 Å². The molecule has 2 unspecified atom stereocenters. The molecule has 0 bridgehead atoms. The maximum Gasteiger partial charge on any atom is 0.0667 e. The Morgan fingerprint density at radius 1 is 1.17 bits per heavy atom. The number of benzene rings is 1. The van der Waals surface area contributed by atoms with Gasteiger partial charge in [0.25, 0.3) is 0 Å². The third-order valence-corrected chi connectivity index (χ3v) is 5.87. The molecule has 2 aliphatic rings. The number of aryl methyl sites for hydroxylation is 1. The number of aromatic nitrogens is 1. The lowest BCUT2D eigenvalue weighted by Crippen LogP contribution is -2.41. The zero-order valence-electron chi connectivity index (χ0n) is 13.6. The first-order valence-corrected chi connectivity index (χ1v) is 9.07. The lowest BCUT2D eigenvalue weighted by Gasteiger charge is -2.35. The molecule has 0 saturated carbocycles. The average Bonchev–Trinajstić information content (AvgIpc) is 3.00. The highest BCUT2D eigenvalue weighted by molar-refractivity contribution is 6.33. The summed E-state index contributed by atoms with van der Waals surface area (Å²) in [5.74, 6) is 0.